The molecule has 0 spiro atoms. The minimum atomic E-state index is -3.08. The van der Waals surface area contributed by atoms with Crippen LogP contribution in [0.5, 0.6) is 0 Å². The van der Waals surface area contributed by atoms with E-state index in [4.69, 9.17) is 4.74 Å². The number of amides is 1. The molecule has 0 unspecified atom stereocenters. The summed E-state index contributed by atoms with van der Waals surface area (Å²) in [7, 11) is -3.08. The minimum Gasteiger partial charge on any atom is -0.451 e. The number of anilines is 1. The summed E-state index contributed by atoms with van der Waals surface area (Å²) >= 11 is 1.26. The third-order valence-corrected chi connectivity index (χ3v) is 6.82. The molecule has 1 N–H and O–H groups in total. The predicted molar refractivity (Wildman–Crippen MR) is 98.0 cm³/mol. The number of hydrogen-bond acceptors (Lipinski definition) is 8. The van der Waals surface area contributed by atoms with Crippen molar-refractivity contribution in [3.05, 3.63) is 23.7 Å². The third kappa shape index (κ3) is 4.61. The zero-order chi connectivity index (χ0) is 18.7. The average molecular weight is 399 g/mol. The highest BCUT2D eigenvalue weighted by molar-refractivity contribution is 7.91. The maximum absolute atomic E-state index is 12.5. The highest BCUT2D eigenvalue weighted by atomic mass is 32.2. The normalized spacial score (nSPS) is 21.2. The Bertz CT molecular complexity index is 801. The molecule has 142 valence electrons. The summed E-state index contributed by atoms with van der Waals surface area (Å²) in [6.07, 6.45) is 3.85. The van der Waals surface area contributed by atoms with E-state index in [0.29, 0.717) is 18.1 Å². The third-order valence-electron chi connectivity index (χ3n) is 4.27. The molecule has 1 atom stereocenters. The summed E-state index contributed by atoms with van der Waals surface area (Å²) < 4.78 is 28.5. The Kier molecular flexibility index (Phi) is 5.61. The molecule has 3 rings (SSSR count). The van der Waals surface area contributed by atoms with Crippen LogP contribution in [0.25, 0.3) is 0 Å². The zero-order valence-electron chi connectivity index (χ0n) is 14.2. The van der Waals surface area contributed by atoms with Crippen LogP contribution in [0.2, 0.25) is 0 Å². The highest BCUT2D eigenvalue weighted by Gasteiger charge is 2.42. The average Bonchev–Trinajstić information content (AvgIpc) is 3.19. The number of ether oxygens (including phenoxy) is 1. The number of nitrogens with one attached hydrogen (secondary N) is 1. The molecule has 2 heterocycles. The van der Waals surface area contributed by atoms with Gasteiger partial charge in [0.05, 0.1) is 11.5 Å². The Morgan fingerprint density at radius 1 is 1.38 bits per heavy atom. The van der Waals surface area contributed by atoms with Gasteiger partial charge in [-0.15, -0.1) is 17.9 Å². The lowest BCUT2D eigenvalue weighted by Gasteiger charge is -2.28. The fraction of sp³-hybridized carbons (Fsp3) is 0.562. The van der Waals surface area contributed by atoms with Crippen molar-refractivity contribution in [1.82, 2.24) is 9.88 Å². The fourth-order valence-electron chi connectivity index (χ4n) is 2.94. The van der Waals surface area contributed by atoms with E-state index in [1.54, 1.807) is 16.4 Å². The second kappa shape index (κ2) is 7.75. The summed E-state index contributed by atoms with van der Waals surface area (Å²) in [5, 5.41) is 5.09. The Balaban J connectivity index is 1.55. The van der Waals surface area contributed by atoms with Crippen molar-refractivity contribution < 1.29 is 22.7 Å². The van der Waals surface area contributed by atoms with Crippen molar-refractivity contribution in [2.24, 2.45) is 0 Å². The van der Waals surface area contributed by atoms with Gasteiger partial charge in [-0.1, -0.05) is 6.08 Å². The van der Waals surface area contributed by atoms with Crippen LogP contribution in [0.3, 0.4) is 0 Å². The van der Waals surface area contributed by atoms with Crippen LogP contribution < -0.4 is 5.32 Å². The van der Waals surface area contributed by atoms with E-state index in [1.807, 2.05) is 0 Å². The van der Waals surface area contributed by atoms with Gasteiger partial charge in [0.15, 0.2) is 27.3 Å². The van der Waals surface area contributed by atoms with Crippen LogP contribution >= 0.6 is 11.3 Å². The van der Waals surface area contributed by atoms with Gasteiger partial charge >= 0.3 is 5.97 Å². The molecule has 0 aromatic carbocycles. The van der Waals surface area contributed by atoms with Gasteiger partial charge in [-0.2, -0.15) is 0 Å². The first-order valence-corrected chi connectivity index (χ1v) is 11.1. The number of nitrogens with zero attached hydrogens (tertiary/aromatic N) is 2. The molecule has 10 heteroatoms. The molecule has 8 nitrogen and oxygen atoms in total. The van der Waals surface area contributed by atoms with Crippen molar-refractivity contribution in [3.8, 4) is 0 Å². The SMILES string of the molecule is C=CCNc1nc(C(=O)OCC(=O)N(C2CC2)[C@H]2CCS(=O)(=O)C2)cs1. The van der Waals surface area contributed by atoms with Crippen molar-refractivity contribution in [2.75, 3.05) is 30.0 Å². The smallest absolute Gasteiger partial charge is 0.358 e. The lowest BCUT2D eigenvalue weighted by atomic mass is 10.2. The Labute approximate surface area is 156 Å². The fourth-order valence-corrected chi connectivity index (χ4v) is 5.34. The number of thiazole rings is 1. The van der Waals surface area contributed by atoms with Gasteiger partial charge in [-0.25, -0.2) is 18.2 Å². The van der Waals surface area contributed by atoms with Crippen LogP contribution in [-0.4, -0.2) is 66.9 Å². The molecule has 2 aliphatic rings. The molecule has 0 bridgehead atoms. The summed E-state index contributed by atoms with van der Waals surface area (Å²) in [4.78, 5) is 30.3. The number of aromatic nitrogens is 1. The second-order valence-electron chi connectivity index (χ2n) is 6.37. The lowest BCUT2D eigenvalue weighted by Crippen LogP contribution is -2.44. The molecule has 26 heavy (non-hydrogen) atoms. The first-order chi connectivity index (χ1) is 12.4. The Hall–Kier alpha value is -1.94. The monoisotopic (exact) mass is 399 g/mol. The molecule has 1 aliphatic heterocycles. The van der Waals surface area contributed by atoms with Crippen LogP contribution in [0, 0.1) is 0 Å². The summed E-state index contributed by atoms with van der Waals surface area (Å²) in [6, 6.07) is -0.249. The molecule has 1 saturated carbocycles. The molecule has 2 fully saturated rings. The van der Waals surface area contributed by atoms with E-state index in [0.717, 1.165) is 12.8 Å². The number of carbonyl (C=O) groups excluding carboxylic acids is 2. The first kappa shape index (κ1) is 18.8. The van der Waals surface area contributed by atoms with Gasteiger partial charge in [0, 0.05) is 24.0 Å². The minimum absolute atomic E-state index is 0.00634. The van der Waals surface area contributed by atoms with Gasteiger partial charge < -0.3 is 15.0 Å². The maximum atomic E-state index is 12.5. The number of rotatable bonds is 8. The van der Waals surface area contributed by atoms with Crippen molar-refractivity contribution >= 4 is 38.2 Å². The van der Waals surface area contributed by atoms with Crippen LogP contribution in [0.1, 0.15) is 29.8 Å². The predicted octanol–water partition coefficient (Wildman–Crippen LogP) is 1.08. The van der Waals surface area contributed by atoms with Gasteiger partial charge in [-0.3, -0.25) is 4.79 Å². The molecule has 1 aliphatic carbocycles. The first-order valence-electron chi connectivity index (χ1n) is 8.38. The summed E-state index contributed by atoms with van der Waals surface area (Å²) in [5.74, 6) is -0.917. The lowest BCUT2D eigenvalue weighted by molar-refractivity contribution is -0.137. The van der Waals surface area contributed by atoms with Crippen molar-refractivity contribution in [3.63, 3.8) is 0 Å². The van der Waals surface area contributed by atoms with Crippen LogP contribution in [0.15, 0.2) is 18.0 Å². The van der Waals surface area contributed by atoms with Crippen molar-refractivity contribution in [1.29, 1.82) is 0 Å². The van der Waals surface area contributed by atoms with E-state index in [2.05, 4.69) is 16.9 Å². The Morgan fingerprint density at radius 2 is 2.15 bits per heavy atom. The summed E-state index contributed by atoms with van der Waals surface area (Å²) in [5.41, 5.74) is 0.135. The van der Waals surface area contributed by atoms with Gasteiger partial charge in [0.25, 0.3) is 5.91 Å². The van der Waals surface area contributed by atoms with Crippen molar-refractivity contribution in [2.45, 2.75) is 31.3 Å². The molecule has 1 aromatic heterocycles. The van der Waals surface area contributed by atoms with E-state index in [9.17, 15) is 18.0 Å². The molecular formula is C16H21N3O5S2. The number of hydrogen-bond donors (Lipinski definition) is 1. The van der Waals surface area contributed by atoms with Gasteiger partial charge in [0.1, 0.15) is 0 Å². The highest BCUT2D eigenvalue weighted by Crippen LogP contribution is 2.32. The molecule has 0 radical (unpaired) electrons. The largest absolute Gasteiger partial charge is 0.451 e. The van der Waals surface area contributed by atoms with Gasteiger partial charge in [0.2, 0.25) is 0 Å². The van der Waals surface area contributed by atoms with Crippen LogP contribution in [0.4, 0.5) is 5.13 Å². The van der Waals surface area contributed by atoms with E-state index in [1.165, 1.54) is 11.3 Å². The quantitative estimate of drug-likeness (QED) is 0.515. The Morgan fingerprint density at radius 3 is 2.77 bits per heavy atom. The van der Waals surface area contributed by atoms with Gasteiger partial charge in [-0.05, 0) is 19.3 Å². The molecule has 1 amide bonds. The molecular weight excluding hydrogens is 378 g/mol. The van der Waals surface area contributed by atoms with E-state index < -0.39 is 22.4 Å². The zero-order valence-corrected chi connectivity index (χ0v) is 15.9. The standard InChI is InChI=1S/C16H21N3O5S2/c1-2-6-17-16-18-13(9-25-16)15(21)24-8-14(20)19(11-3-4-11)12-5-7-26(22,23)10-12/h2,9,11-12H,1,3-8,10H2,(H,17,18)/t12-/m0/s1. The second-order valence-corrected chi connectivity index (χ2v) is 9.46. The molecule has 1 saturated heterocycles. The van der Waals surface area contributed by atoms with E-state index >= 15 is 0 Å². The topological polar surface area (TPSA) is 106 Å². The number of esters is 1. The number of sulfone groups is 1. The number of carbonyl (C=O) groups is 2. The molecule has 1 aromatic rings. The van der Waals surface area contributed by atoms with E-state index in [-0.39, 0.29) is 35.2 Å². The summed E-state index contributed by atoms with van der Waals surface area (Å²) in [6.45, 7) is 3.71. The maximum Gasteiger partial charge on any atom is 0.358 e. The van der Waals surface area contributed by atoms with Crippen LogP contribution in [-0.2, 0) is 19.4 Å².